The smallest absolute Gasteiger partial charge is 0.330 e. The van der Waals surface area contributed by atoms with E-state index in [4.69, 9.17) is 9.47 Å². The summed E-state index contributed by atoms with van der Waals surface area (Å²) in [6, 6.07) is 0. The van der Waals surface area contributed by atoms with E-state index in [1.807, 2.05) is 18.8 Å². The van der Waals surface area contributed by atoms with Gasteiger partial charge in [0.1, 0.15) is 6.23 Å². The van der Waals surface area contributed by atoms with Crippen LogP contribution in [0.5, 0.6) is 0 Å². The molecule has 6 nitrogen and oxygen atoms in total. The number of hydrogen-bond acceptors (Lipinski definition) is 4. The summed E-state index contributed by atoms with van der Waals surface area (Å²) in [5, 5.41) is 0. The maximum atomic E-state index is 13.1. The van der Waals surface area contributed by atoms with Gasteiger partial charge in [0, 0.05) is 7.11 Å². The molecule has 19 heavy (non-hydrogen) atoms. The number of aromatic amines is 1. The Bertz CT molecular complexity index is 511. The van der Waals surface area contributed by atoms with Crippen LogP contribution in [0, 0.1) is 5.82 Å². The SMILES string of the molecule is CC.COCC1CCC(n2cc(F)c(=O)[nH]c2=O)O1. The van der Waals surface area contributed by atoms with Gasteiger partial charge >= 0.3 is 5.69 Å². The molecule has 0 aromatic carbocycles. The van der Waals surface area contributed by atoms with Crippen molar-refractivity contribution < 1.29 is 13.9 Å². The summed E-state index contributed by atoms with van der Waals surface area (Å²) in [5.41, 5.74) is -1.68. The van der Waals surface area contributed by atoms with Crippen molar-refractivity contribution in [1.82, 2.24) is 9.55 Å². The molecule has 2 heterocycles. The number of methoxy groups -OCH3 is 1. The van der Waals surface area contributed by atoms with Crippen molar-refractivity contribution in [2.45, 2.75) is 39.0 Å². The Morgan fingerprint density at radius 1 is 1.47 bits per heavy atom. The Morgan fingerprint density at radius 3 is 2.79 bits per heavy atom. The second-order valence-corrected chi connectivity index (χ2v) is 3.89. The Balaban J connectivity index is 0.000000861. The van der Waals surface area contributed by atoms with Gasteiger partial charge in [0.2, 0.25) is 5.82 Å². The normalized spacial score (nSPS) is 21.9. The molecular formula is C12H19FN2O4. The highest BCUT2D eigenvalue weighted by atomic mass is 19.1. The number of nitrogens with one attached hydrogen (secondary N) is 1. The lowest BCUT2D eigenvalue weighted by Crippen LogP contribution is -2.34. The maximum Gasteiger partial charge on any atom is 0.330 e. The van der Waals surface area contributed by atoms with E-state index < -0.39 is 23.3 Å². The van der Waals surface area contributed by atoms with Gasteiger partial charge in [-0.05, 0) is 12.8 Å². The highest BCUT2D eigenvalue weighted by Crippen LogP contribution is 2.26. The van der Waals surface area contributed by atoms with Crippen molar-refractivity contribution in [2.75, 3.05) is 13.7 Å². The molecule has 2 atom stereocenters. The molecule has 1 aromatic heterocycles. The first-order valence-electron chi connectivity index (χ1n) is 6.27. The number of halogens is 1. The summed E-state index contributed by atoms with van der Waals surface area (Å²) in [4.78, 5) is 24.2. The van der Waals surface area contributed by atoms with Crippen LogP contribution in [0.3, 0.4) is 0 Å². The van der Waals surface area contributed by atoms with Crippen LogP contribution in [0.25, 0.3) is 0 Å². The monoisotopic (exact) mass is 274 g/mol. The number of hydrogen-bond donors (Lipinski definition) is 1. The Labute approximate surface area is 110 Å². The summed E-state index contributed by atoms with van der Waals surface area (Å²) in [6.07, 6.45) is 1.53. The van der Waals surface area contributed by atoms with Crippen molar-refractivity contribution in [3.8, 4) is 0 Å². The van der Waals surface area contributed by atoms with Gasteiger partial charge in [0.15, 0.2) is 0 Å². The zero-order valence-corrected chi connectivity index (χ0v) is 11.3. The Hall–Kier alpha value is -1.47. The van der Waals surface area contributed by atoms with Crippen LogP contribution < -0.4 is 11.2 Å². The summed E-state index contributed by atoms with van der Waals surface area (Å²) in [7, 11) is 1.56. The molecule has 108 valence electrons. The van der Waals surface area contributed by atoms with Gasteiger partial charge < -0.3 is 9.47 Å². The fraction of sp³-hybridized carbons (Fsp3) is 0.667. The first-order valence-corrected chi connectivity index (χ1v) is 6.27. The summed E-state index contributed by atoms with van der Waals surface area (Å²) in [5.74, 6) is -0.997. The minimum absolute atomic E-state index is 0.105. The molecule has 0 aliphatic carbocycles. The van der Waals surface area contributed by atoms with Crippen LogP contribution >= 0.6 is 0 Å². The molecule has 0 saturated carbocycles. The number of rotatable bonds is 3. The fourth-order valence-electron chi connectivity index (χ4n) is 1.87. The Morgan fingerprint density at radius 2 is 2.16 bits per heavy atom. The van der Waals surface area contributed by atoms with Gasteiger partial charge in [-0.2, -0.15) is 4.39 Å². The average Bonchev–Trinajstić information content (AvgIpc) is 2.85. The zero-order valence-electron chi connectivity index (χ0n) is 11.3. The molecule has 2 rings (SSSR count). The van der Waals surface area contributed by atoms with E-state index in [0.717, 1.165) is 17.2 Å². The maximum absolute atomic E-state index is 13.1. The lowest BCUT2D eigenvalue weighted by Gasteiger charge is -2.14. The van der Waals surface area contributed by atoms with Gasteiger partial charge in [0.25, 0.3) is 5.56 Å². The predicted molar refractivity (Wildman–Crippen MR) is 67.6 cm³/mol. The number of ether oxygens (including phenoxy) is 2. The lowest BCUT2D eigenvalue weighted by molar-refractivity contribution is -0.0339. The lowest BCUT2D eigenvalue weighted by atomic mass is 10.2. The van der Waals surface area contributed by atoms with Crippen molar-refractivity contribution >= 4 is 0 Å². The van der Waals surface area contributed by atoms with Gasteiger partial charge in [-0.1, -0.05) is 13.8 Å². The zero-order chi connectivity index (χ0) is 14.4. The molecule has 1 aliphatic rings. The highest BCUT2D eigenvalue weighted by Gasteiger charge is 2.27. The quantitative estimate of drug-likeness (QED) is 0.893. The van der Waals surface area contributed by atoms with Gasteiger partial charge in [-0.25, -0.2) is 4.79 Å². The third-order valence-corrected chi connectivity index (χ3v) is 2.67. The molecule has 7 heteroatoms. The molecule has 0 bridgehead atoms. The van der Waals surface area contributed by atoms with E-state index >= 15 is 0 Å². The Kier molecular flexibility index (Phi) is 5.91. The third kappa shape index (κ3) is 3.74. The van der Waals surface area contributed by atoms with E-state index in [9.17, 15) is 14.0 Å². The van der Waals surface area contributed by atoms with Crippen LogP contribution in [0.1, 0.15) is 32.9 Å². The van der Waals surface area contributed by atoms with Crippen LogP contribution in [0.15, 0.2) is 15.8 Å². The predicted octanol–water partition coefficient (Wildman–Crippen LogP) is 1.03. The molecule has 0 radical (unpaired) electrons. The summed E-state index contributed by atoms with van der Waals surface area (Å²) >= 11 is 0. The van der Waals surface area contributed by atoms with Crippen molar-refractivity contribution in [3.05, 3.63) is 32.9 Å². The molecule has 0 spiro atoms. The van der Waals surface area contributed by atoms with E-state index in [0.29, 0.717) is 13.0 Å². The topological polar surface area (TPSA) is 73.3 Å². The van der Waals surface area contributed by atoms with E-state index in [2.05, 4.69) is 0 Å². The van der Waals surface area contributed by atoms with Gasteiger partial charge in [-0.3, -0.25) is 14.3 Å². The highest BCUT2D eigenvalue weighted by molar-refractivity contribution is 4.89. The minimum Gasteiger partial charge on any atom is -0.382 e. The molecule has 0 amide bonds. The molecule has 1 aliphatic heterocycles. The number of aromatic nitrogens is 2. The average molecular weight is 274 g/mol. The fourth-order valence-corrected chi connectivity index (χ4v) is 1.87. The van der Waals surface area contributed by atoms with E-state index in [1.165, 1.54) is 0 Å². The van der Waals surface area contributed by atoms with Crippen LogP contribution in [0.4, 0.5) is 4.39 Å². The summed E-state index contributed by atoms with van der Waals surface area (Å²) < 4.78 is 24.6. The molecule has 2 unspecified atom stereocenters. The number of H-pyrrole nitrogens is 1. The first kappa shape index (κ1) is 15.6. The largest absolute Gasteiger partial charge is 0.382 e. The second-order valence-electron chi connectivity index (χ2n) is 3.89. The standard InChI is InChI=1S/C10H13FN2O4.C2H6/c1-16-5-6-2-3-8(17-6)13-4-7(11)9(14)12-10(13)15;1-2/h4,6,8H,2-3,5H2,1H3,(H,12,14,15);1-2H3. The van der Waals surface area contributed by atoms with Gasteiger partial charge in [0.05, 0.1) is 18.9 Å². The van der Waals surface area contributed by atoms with Crippen molar-refractivity contribution in [1.29, 1.82) is 0 Å². The first-order chi connectivity index (χ1) is 9.11. The van der Waals surface area contributed by atoms with Crippen molar-refractivity contribution in [3.63, 3.8) is 0 Å². The van der Waals surface area contributed by atoms with Crippen LogP contribution in [-0.4, -0.2) is 29.4 Å². The van der Waals surface area contributed by atoms with Crippen LogP contribution in [-0.2, 0) is 9.47 Å². The van der Waals surface area contributed by atoms with Crippen molar-refractivity contribution in [2.24, 2.45) is 0 Å². The molecule has 1 fully saturated rings. The number of nitrogens with zero attached hydrogens (tertiary/aromatic N) is 1. The minimum atomic E-state index is -1.02. The van der Waals surface area contributed by atoms with E-state index in [1.54, 1.807) is 7.11 Å². The second kappa shape index (κ2) is 7.20. The molecule has 1 N–H and O–H groups in total. The van der Waals surface area contributed by atoms with Gasteiger partial charge in [-0.15, -0.1) is 0 Å². The summed E-state index contributed by atoms with van der Waals surface area (Å²) in [6.45, 7) is 4.43. The third-order valence-electron chi connectivity index (χ3n) is 2.67. The molecule has 1 aromatic rings. The van der Waals surface area contributed by atoms with E-state index in [-0.39, 0.29) is 6.10 Å². The molecule has 1 saturated heterocycles. The molecular weight excluding hydrogens is 255 g/mol. The van der Waals surface area contributed by atoms with Crippen LogP contribution in [0.2, 0.25) is 0 Å².